The topological polar surface area (TPSA) is 50.9 Å². The average molecular weight is 238 g/mol. The van der Waals surface area contributed by atoms with Crippen LogP contribution in [0.1, 0.15) is 25.7 Å². The number of pyridine rings is 1. The fourth-order valence-electron chi connectivity index (χ4n) is 3.17. The number of nitrogens with zero attached hydrogens (tertiary/aromatic N) is 1. The van der Waals surface area contributed by atoms with E-state index in [4.69, 9.17) is 17.3 Å². The molecule has 0 saturated heterocycles. The van der Waals surface area contributed by atoms with Crippen LogP contribution >= 0.6 is 11.6 Å². The maximum absolute atomic E-state index is 5.89. The zero-order valence-corrected chi connectivity index (χ0v) is 9.87. The van der Waals surface area contributed by atoms with Crippen LogP contribution in [-0.4, -0.2) is 11.0 Å². The van der Waals surface area contributed by atoms with Gasteiger partial charge in [0.25, 0.3) is 0 Å². The normalized spacial score (nSPS) is 31.9. The molecular weight excluding hydrogens is 222 g/mol. The van der Waals surface area contributed by atoms with Gasteiger partial charge in [-0.15, -0.1) is 0 Å². The largest absolute Gasteiger partial charge is 0.396 e. The Kier molecular flexibility index (Phi) is 2.43. The summed E-state index contributed by atoms with van der Waals surface area (Å²) < 4.78 is 0. The number of hydrogen-bond acceptors (Lipinski definition) is 3. The van der Waals surface area contributed by atoms with Crippen LogP contribution in [0.15, 0.2) is 12.3 Å². The monoisotopic (exact) mass is 237 g/mol. The van der Waals surface area contributed by atoms with Crippen LogP contribution in [0.25, 0.3) is 0 Å². The number of nitrogens with two attached hydrogens (primary N) is 1. The number of halogens is 1. The average Bonchev–Trinajstić information content (AvgIpc) is 2.84. The van der Waals surface area contributed by atoms with Crippen molar-refractivity contribution in [3.8, 4) is 0 Å². The molecule has 0 aliphatic heterocycles. The van der Waals surface area contributed by atoms with E-state index in [1.54, 1.807) is 12.3 Å². The molecule has 0 aromatic carbocycles. The van der Waals surface area contributed by atoms with Crippen LogP contribution in [0.2, 0.25) is 5.02 Å². The first-order valence-electron chi connectivity index (χ1n) is 5.90. The van der Waals surface area contributed by atoms with Gasteiger partial charge in [0.05, 0.1) is 10.7 Å². The van der Waals surface area contributed by atoms with Crippen molar-refractivity contribution in [3.63, 3.8) is 0 Å². The smallest absolute Gasteiger partial charge is 0.149 e. The number of aromatic nitrogens is 1. The van der Waals surface area contributed by atoms with Crippen LogP contribution in [0, 0.1) is 11.8 Å². The summed E-state index contributed by atoms with van der Waals surface area (Å²) in [5.74, 6) is 2.54. The summed E-state index contributed by atoms with van der Waals surface area (Å²) in [7, 11) is 0. The second-order valence-corrected chi connectivity index (χ2v) is 5.45. The minimum absolute atomic E-state index is 0.565. The van der Waals surface area contributed by atoms with Crippen molar-refractivity contribution in [3.05, 3.63) is 17.3 Å². The molecule has 3 nitrogen and oxygen atoms in total. The standard InChI is InChI=1S/C12H16ClN3/c13-9-5-10(14)12(15-6-9)16-11-4-7-1-2-8(11)3-7/h5-8,11H,1-4,14H2,(H,15,16). The zero-order chi connectivity index (χ0) is 11.1. The molecule has 3 atom stereocenters. The van der Waals surface area contributed by atoms with Crippen LogP contribution in [0.4, 0.5) is 11.5 Å². The SMILES string of the molecule is Nc1cc(Cl)cnc1NC1CC2CCC1C2. The highest BCUT2D eigenvalue weighted by atomic mass is 35.5. The van der Waals surface area contributed by atoms with Crippen molar-refractivity contribution in [1.29, 1.82) is 0 Å². The van der Waals surface area contributed by atoms with Crippen molar-refractivity contribution in [2.75, 3.05) is 11.1 Å². The summed E-state index contributed by atoms with van der Waals surface area (Å²) in [6, 6.07) is 2.32. The molecule has 1 aromatic heterocycles. The lowest BCUT2D eigenvalue weighted by Crippen LogP contribution is -2.26. The van der Waals surface area contributed by atoms with Crippen LogP contribution in [-0.2, 0) is 0 Å². The third kappa shape index (κ3) is 1.73. The van der Waals surface area contributed by atoms with E-state index in [0.717, 1.165) is 17.7 Å². The molecule has 86 valence electrons. The Labute approximate surface area is 100 Å². The molecule has 3 rings (SSSR count). The first kappa shape index (κ1) is 10.2. The molecule has 0 amide bonds. The quantitative estimate of drug-likeness (QED) is 0.832. The second-order valence-electron chi connectivity index (χ2n) is 5.02. The molecule has 2 fully saturated rings. The van der Waals surface area contributed by atoms with Crippen molar-refractivity contribution >= 4 is 23.1 Å². The van der Waals surface area contributed by atoms with Gasteiger partial charge in [0.1, 0.15) is 5.82 Å². The van der Waals surface area contributed by atoms with E-state index in [1.807, 2.05) is 0 Å². The molecule has 1 heterocycles. The van der Waals surface area contributed by atoms with Gasteiger partial charge in [-0.2, -0.15) is 0 Å². The lowest BCUT2D eigenvalue weighted by atomic mass is 9.95. The van der Waals surface area contributed by atoms with Gasteiger partial charge in [-0.25, -0.2) is 4.98 Å². The second kappa shape index (κ2) is 3.81. The summed E-state index contributed by atoms with van der Waals surface area (Å²) in [6.45, 7) is 0. The summed E-state index contributed by atoms with van der Waals surface area (Å²) >= 11 is 5.83. The molecule has 2 aliphatic carbocycles. The molecule has 0 radical (unpaired) electrons. The number of nitrogen functional groups attached to an aromatic ring is 1. The van der Waals surface area contributed by atoms with E-state index >= 15 is 0 Å². The van der Waals surface area contributed by atoms with Gasteiger partial charge in [0.2, 0.25) is 0 Å². The highest BCUT2D eigenvalue weighted by Gasteiger charge is 2.39. The Morgan fingerprint density at radius 1 is 1.38 bits per heavy atom. The van der Waals surface area contributed by atoms with E-state index in [-0.39, 0.29) is 0 Å². The molecule has 3 unspecified atom stereocenters. The maximum Gasteiger partial charge on any atom is 0.149 e. The van der Waals surface area contributed by atoms with Gasteiger partial charge in [-0.3, -0.25) is 0 Å². The summed E-state index contributed by atoms with van der Waals surface area (Å²) in [4.78, 5) is 4.26. The van der Waals surface area contributed by atoms with Gasteiger partial charge >= 0.3 is 0 Å². The predicted octanol–water partition coefficient (Wildman–Crippen LogP) is 2.92. The first-order valence-corrected chi connectivity index (χ1v) is 6.27. The summed E-state index contributed by atoms with van der Waals surface area (Å²) in [5, 5.41) is 4.07. The zero-order valence-electron chi connectivity index (χ0n) is 9.12. The Morgan fingerprint density at radius 2 is 2.25 bits per heavy atom. The molecular formula is C12H16ClN3. The van der Waals surface area contributed by atoms with E-state index in [0.29, 0.717) is 16.8 Å². The van der Waals surface area contributed by atoms with Crippen molar-refractivity contribution in [2.24, 2.45) is 11.8 Å². The van der Waals surface area contributed by atoms with E-state index in [2.05, 4.69) is 10.3 Å². The number of nitrogens with one attached hydrogen (secondary N) is 1. The van der Waals surface area contributed by atoms with Gasteiger partial charge in [-0.1, -0.05) is 18.0 Å². The molecule has 2 bridgehead atoms. The van der Waals surface area contributed by atoms with Gasteiger partial charge in [-0.05, 0) is 37.2 Å². The summed E-state index contributed by atoms with van der Waals surface area (Å²) in [6.07, 6.45) is 7.06. The Balaban J connectivity index is 1.74. The predicted molar refractivity (Wildman–Crippen MR) is 66.5 cm³/mol. The third-order valence-electron chi connectivity index (χ3n) is 3.94. The molecule has 2 saturated carbocycles. The van der Waals surface area contributed by atoms with E-state index in [9.17, 15) is 0 Å². The lowest BCUT2D eigenvalue weighted by Gasteiger charge is -2.24. The summed E-state index contributed by atoms with van der Waals surface area (Å²) in [5.41, 5.74) is 6.54. The Hall–Kier alpha value is -0.960. The molecule has 2 aliphatic rings. The van der Waals surface area contributed by atoms with E-state index in [1.165, 1.54) is 25.7 Å². The highest BCUT2D eigenvalue weighted by Crippen LogP contribution is 2.45. The highest BCUT2D eigenvalue weighted by molar-refractivity contribution is 6.30. The molecule has 3 N–H and O–H groups in total. The fourth-order valence-corrected chi connectivity index (χ4v) is 3.34. The molecule has 4 heteroatoms. The number of anilines is 2. The van der Waals surface area contributed by atoms with E-state index < -0.39 is 0 Å². The first-order chi connectivity index (χ1) is 7.72. The van der Waals surface area contributed by atoms with Crippen LogP contribution in [0.5, 0.6) is 0 Å². The number of hydrogen-bond donors (Lipinski definition) is 2. The van der Waals surface area contributed by atoms with Gasteiger partial charge in [0.15, 0.2) is 0 Å². The Morgan fingerprint density at radius 3 is 2.88 bits per heavy atom. The van der Waals surface area contributed by atoms with Crippen LogP contribution in [0.3, 0.4) is 0 Å². The third-order valence-corrected chi connectivity index (χ3v) is 4.15. The molecule has 1 aromatic rings. The molecule has 16 heavy (non-hydrogen) atoms. The van der Waals surface area contributed by atoms with Gasteiger partial charge in [0, 0.05) is 12.2 Å². The Bertz CT molecular complexity index is 407. The van der Waals surface area contributed by atoms with Crippen LogP contribution < -0.4 is 11.1 Å². The van der Waals surface area contributed by atoms with Gasteiger partial charge < -0.3 is 11.1 Å². The van der Waals surface area contributed by atoms with Crippen molar-refractivity contribution in [2.45, 2.75) is 31.7 Å². The molecule has 0 spiro atoms. The fraction of sp³-hybridized carbons (Fsp3) is 0.583. The minimum Gasteiger partial charge on any atom is -0.396 e. The maximum atomic E-state index is 5.89. The number of rotatable bonds is 2. The van der Waals surface area contributed by atoms with Crippen molar-refractivity contribution < 1.29 is 0 Å². The number of fused-ring (bicyclic) bond motifs is 2. The lowest BCUT2D eigenvalue weighted by molar-refractivity contribution is 0.439. The van der Waals surface area contributed by atoms with Crippen molar-refractivity contribution in [1.82, 2.24) is 4.98 Å². The minimum atomic E-state index is 0.565.